The van der Waals surface area contributed by atoms with Gasteiger partial charge in [-0.1, -0.05) is 25.1 Å². The van der Waals surface area contributed by atoms with Crippen molar-refractivity contribution in [1.29, 1.82) is 0 Å². The highest BCUT2D eigenvalue weighted by atomic mass is 16.5. The number of carbonyl (C=O) groups is 1. The summed E-state index contributed by atoms with van der Waals surface area (Å²) >= 11 is 0. The fourth-order valence-electron chi connectivity index (χ4n) is 1.43. The van der Waals surface area contributed by atoms with E-state index in [1.54, 1.807) is 12.1 Å². The van der Waals surface area contributed by atoms with E-state index in [0.717, 1.165) is 6.54 Å². The minimum atomic E-state index is -0.272. The molecular formula is C13H19NO2. The van der Waals surface area contributed by atoms with Gasteiger partial charge in [0.1, 0.15) is 6.61 Å². The van der Waals surface area contributed by atoms with Crippen LogP contribution in [0.4, 0.5) is 0 Å². The van der Waals surface area contributed by atoms with E-state index in [2.05, 4.69) is 5.32 Å². The molecule has 0 aliphatic heterocycles. The molecule has 0 aliphatic rings. The average molecular weight is 221 g/mol. The quantitative estimate of drug-likeness (QED) is 0.775. The zero-order valence-electron chi connectivity index (χ0n) is 10.1. The van der Waals surface area contributed by atoms with Gasteiger partial charge in [-0.15, -0.1) is 0 Å². The number of rotatable bonds is 5. The molecule has 0 amide bonds. The monoisotopic (exact) mass is 221 g/mol. The van der Waals surface area contributed by atoms with Crippen LogP contribution < -0.4 is 5.32 Å². The molecule has 88 valence electrons. The number of carbonyl (C=O) groups excluding carboxylic acids is 1. The second-order valence-corrected chi connectivity index (χ2v) is 4.36. The van der Waals surface area contributed by atoms with Gasteiger partial charge in [-0.3, -0.25) is 0 Å². The Balaban J connectivity index is 2.48. The van der Waals surface area contributed by atoms with Gasteiger partial charge in [-0.05, 0) is 32.5 Å². The predicted molar refractivity (Wildman–Crippen MR) is 64.5 cm³/mol. The molecule has 0 unspecified atom stereocenters. The van der Waals surface area contributed by atoms with Crippen LogP contribution in [0.2, 0.25) is 0 Å². The van der Waals surface area contributed by atoms with Crippen molar-refractivity contribution in [3.63, 3.8) is 0 Å². The summed E-state index contributed by atoms with van der Waals surface area (Å²) in [6.07, 6.45) is 0. The molecule has 0 aliphatic carbocycles. The molecule has 0 saturated heterocycles. The summed E-state index contributed by atoms with van der Waals surface area (Å²) in [5.74, 6) is -0.272. The van der Waals surface area contributed by atoms with Gasteiger partial charge in [0.25, 0.3) is 0 Å². The number of hydrogen-bond acceptors (Lipinski definition) is 3. The summed E-state index contributed by atoms with van der Waals surface area (Å²) in [5.41, 5.74) is 0.411. The van der Waals surface area contributed by atoms with Crippen LogP contribution in [0.3, 0.4) is 0 Å². The van der Waals surface area contributed by atoms with Crippen LogP contribution in [-0.2, 0) is 4.74 Å². The molecule has 3 heteroatoms. The number of benzene rings is 1. The Kier molecular flexibility index (Phi) is 4.50. The first-order chi connectivity index (χ1) is 7.55. The van der Waals surface area contributed by atoms with Crippen LogP contribution in [0.15, 0.2) is 30.3 Å². The maximum Gasteiger partial charge on any atom is 0.338 e. The molecule has 0 spiro atoms. The molecule has 0 aromatic heterocycles. The van der Waals surface area contributed by atoms with Crippen LogP contribution in [0.5, 0.6) is 0 Å². The fraction of sp³-hybridized carbons (Fsp3) is 0.462. The van der Waals surface area contributed by atoms with Gasteiger partial charge >= 0.3 is 5.97 Å². The predicted octanol–water partition coefficient (Wildman–Crippen LogP) is 2.23. The van der Waals surface area contributed by atoms with E-state index >= 15 is 0 Å². The molecule has 0 fully saturated rings. The van der Waals surface area contributed by atoms with Gasteiger partial charge in [0.2, 0.25) is 0 Å². The van der Waals surface area contributed by atoms with E-state index in [0.29, 0.717) is 12.2 Å². The van der Waals surface area contributed by atoms with Crippen molar-refractivity contribution < 1.29 is 9.53 Å². The number of hydrogen-bond donors (Lipinski definition) is 1. The molecule has 16 heavy (non-hydrogen) atoms. The summed E-state index contributed by atoms with van der Waals surface area (Å²) in [6, 6.07) is 9.03. The van der Waals surface area contributed by atoms with Crippen LogP contribution in [0.25, 0.3) is 0 Å². The minimum Gasteiger partial charge on any atom is -0.460 e. The largest absolute Gasteiger partial charge is 0.460 e. The van der Waals surface area contributed by atoms with Gasteiger partial charge in [0.05, 0.1) is 5.56 Å². The van der Waals surface area contributed by atoms with Crippen LogP contribution in [0, 0.1) is 0 Å². The Hall–Kier alpha value is -1.35. The van der Waals surface area contributed by atoms with Crippen molar-refractivity contribution >= 4 is 5.97 Å². The number of esters is 1. The van der Waals surface area contributed by atoms with E-state index in [-0.39, 0.29) is 11.5 Å². The molecule has 0 radical (unpaired) electrons. The highest BCUT2D eigenvalue weighted by molar-refractivity contribution is 5.89. The summed E-state index contributed by atoms with van der Waals surface area (Å²) in [7, 11) is 0. The molecule has 0 saturated carbocycles. The third-order valence-electron chi connectivity index (χ3n) is 2.23. The lowest BCUT2D eigenvalue weighted by atomic mass is 10.1. The molecule has 3 nitrogen and oxygen atoms in total. The van der Waals surface area contributed by atoms with E-state index in [1.165, 1.54) is 0 Å². The summed E-state index contributed by atoms with van der Waals surface area (Å²) in [6.45, 7) is 7.27. The molecule has 1 rings (SSSR count). The maximum atomic E-state index is 11.6. The van der Waals surface area contributed by atoms with E-state index in [4.69, 9.17) is 4.74 Å². The molecule has 0 heterocycles. The Morgan fingerprint density at radius 2 is 1.94 bits per heavy atom. The van der Waals surface area contributed by atoms with Crippen molar-refractivity contribution in [2.24, 2.45) is 0 Å². The summed E-state index contributed by atoms with van der Waals surface area (Å²) in [5, 5.41) is 3.25. The van der Waals surface area contributed by atoms with Crippen LogP contribution >= 0.6 is 0 Å². The molecule has 1 N–H and O–H groups in total. The second-order valence-electron chi connectivity index (χ2n) is 4.36. The lowest BCUT2D eigenvalue weighted by Crippen LogP contribution is -2.43. The zero-order chi connectivity index (χ0) is 12.0. The maximum absolute atomic E-state index is 11.6. The zero-order valence-corrected chi connectivity index (χ0v) is 10.1. The van der Waals surface area contributed by atoms with Crippen LogP contribution in [-0.4, -0.2) is 24.7 Å². The molecule has 1 aromatic rings. The van der Waals surface area contributed by atoms with Crippen LogP contribution in [0.1, 0.15) is 31.1 Å². The first-order valence-electron chi connectivity index (χ1n) is 5.52. The molecule has 0 bridgehead atoms. The fourth-order valence-corrected chi connectivity index (χ4v) is 1.43. The Bertz CT molecular complexity index is 333. The molecule has 0 atom stereocenters. The van der Waals surface area contributed by atoms with Gasteiger partial charge in [0.15, 0.2) is 0 Å². The smallest absolute Gasteiger partial charge is 0.338 e. The van der Waals surface area contributed by atoms with Gasteiger partial charge in [-0.25, -0.2) is 4.79 Å². The molecular weight excluding hydrogens is 202 g/mol. The van der Waals surface area contributed by atoms with E-state index in [9.17, 15) is 4.79 Å². The van der Waals surface area contributed by atoms with E-state index < -0.39 is 0 Å². The second kappa shape index (κ2) is 5.66. The van der Waals surface area contributed by atoms with Gasteiger partial charge in [-0.2, -0.15) is 0 Å². The topological polar surface area (TPSA) is 38.3 Å². The first-order valence-corrected chi connectivity index (χ1v) is 5.52. The van der Waals surface area contributed by atoms with Crippen molar-refractivity contribution in [3.05, 3.63) is 35.9 Å². The summed E-state index contributed by atoms with van der Waals surface area (Å²) < 4.78 is 5.24. The lowest BCUT2D eigenvalue weighted by molar-refractivity contribution is 0.0402. The summed E-state index contributed by atoms with van der Waals surface area (Å²) in [4.78, 5) is 11.6. The number of likely N-dealkylation sites (N-methyl/N-ethyl adjacent to an activating group) is 1. The van der Waals surface area contributed by atoms with Crippen molar-refractivity contribution in [1.82, 2.24) is 5.32 Å². The Labute approximate surface area is 96.8 Å². The normalized spacial score (nSPS) is 11.2. The van der Waals surface area contributed by atoms with Crippen molar-refractivity contribution in [3.8, 4) is 0 Å². The van der Waals surface area contributed by atoms with Crippen molar-refractivity contribution in [2.75, 3.05) is 13.2 Å². The number of nitrogens with one attached hydrogen (secondary N) is 1. The molecule has 1 aromatic carbocycles. The van der Waals surface area contributed by atoms with E-state index in [1.807, 2.05) is 39.0 Å². The SMILES string of the molecule is CCNC(C)(C)COC(=O)c1ccccc1. The van der Waals surface area contributed by atoms with Gasteiger partial charge in [0, 0.05) is 5.54 Å². The first kappa shape index (κ1) is 12.7. The third kappa shape index (κ3) is 4.03. The minimum absolute atomic E-state index is 0.181. The van der Waals surface area contributed by atoms with Crippen molar-refractivity contribution in [2.45, 2.75) is 26.3 Å². The Morgan fingerprint density at radius 1 is 1.31 bits per heavy atom. The highest BCUT2D eigenvalue weighted by Gasteiger charge is 2.18. The lowest BCUT2D eigenvalue weighted by Gasteiger charge is -2.24. The van der Waals surface area contributed by atoms with Gasteiger partial charge < -0.3 is 10.1 Å². The number of ether oxygens (including phenoxy) is 1. The average Bonchev–Trinajstić information content (AvgIpc) is 2.27. The third-order valence-corrected chi connectivity index (χ3v) is 2.23. The standard InChI is InChI=1S/C13H19NO2/c1-4-14-13(2,3)10-16-12(15)11-8-6-5-7-9-11/h5-9,14H,4,10H2,1-3H3. The Morgan fingerprint density at radius 3 is 2.50 bits per heavy atom. The highest BCUT2D eigenvalue weighted by Crippen LogP contribution is 2.06.